The lowest BCUT2D eigenvalue weighted by Crippen LogP contribution is -2.19. The molecule has 3 aromatic carbocycles. The van der Waals surface area contributed by atoms with Crippen LogP contribution in [0.5, 0.6) is 0 Å². The third kappa shape index (κ3) is 3.66. The third-order valence-electron chi connectivity index (χ3n) is 4.67. The first kappa shape index (κ1) is 16.9. The summed E-state index contributed by atoms with van der Waals surface area (Å²) in [6.07, 6.45) is 2.62. The molecule has 1 saturated heterocycles. The molecular formula is C24H20OS. The molecule has 1 nitrogen and oxygen atoms in total. The molecular weight excluding hydrogens is 336 g/mol. The predicted molar refractivity (Wildman–Crippen MR) is 110 cm³/mol. The van der Waals surface area contributed by atoms with Gasteiger partial charge >= 0.3 is 0 Å². The highest BCUT2D eigenvalue weighted by atomic mass is 32.2. The summed E-state index contributed by atoms with van der Waals surface area (Å²) < 4.78 is 0. The Morgan fingerprint density at radius 1 is 0.731 bits per heavy atom. The van der Waals surface area contributed by atoms with Gasteiger partial charge in [-0.3, -0.25) is 4.79 Å². The fourth-order valence-corrected chi connectivity index (χ4v) is 4.90. The maximum absolute atomic E-state index is 13.1. The Morgan fingerprint density at radius 2 is 1.27 bits per heavy atom. The van der Waals surface area contributed by atoms with Crippen LogP contribution < -0.4 is 0 Å². The number of rotatable bonds is 3. The van der Waals surface area contributed by atoms with E-state index in [4.69, 9.17) is 0 Å². The number of carbonyl (C=O) groups excluding carboxylic acids is 1. The maximum atomic E-state index is 13.1. The van der Waals surface area contributed by atoms with E-state index >= 15 is 0 Å². The standard InChI is InChI=1S/C24H20OS/c25-22-17-23(19-12-6-2-7-13-19)26-24(20-14-8-3-9-15-20)21(22)16-18-10-4-1-5-11-18/h1-16,23-24H,17H2/t23-,24+/m0/s1. The zero-order chi connectivity index (χ0) is 17.8. The molecule has 1 aliphatic heterocycles. The first-order chi connectivity index (χ1) is 12.8. The molecule has 1 aliphatic rings. The van der Waals surface area contributed by atoms with Gasteiger partial charge in [0.1, 0.15) is 0 Å². The lowest BCUT2D eigenvalue weighted by atomic mass is 9.94. The molecule has 0 saturated carbocycles. The summed E-state index contributed by atoms with van der Waals surface area (Å²) in [6.45, 7) is 0. The molecule has 4 rings (SSSR count). The summed E-state index contributed by atoms with van der Waals surface area (Å²) in [5.74, 6) is 0.246. The first-order valence-corrected chi connectivity index (χ1v) is 9.81. The summed E-state index contributed by atoms with van der Waals surface area (Å²) in [7, 11) is 0. The Labute approximate surface area is 158 Å². The number of benzene rings is 3. The van der Waals surface area contributed by atoms with Crippen molar-refractivity contribution in [1.82, 2.24) is 0 Å². The minimum Gasteiger partial charge on any atom is -0.294 e. The van der Waals surface area contributed by atoms with Gasteiger partial charge in [0.25, 0.3) is 0 Å². The number of hydrogen-bond donors (Lipinski definition) is 0. The lowest BCUT2D eigenvalue weighted by molar-refractivity contribution is -0.115. The van der Waals surface area contributed by atoms with Gasteiger partial charge in [-0.1, -0.05) is 91.0 Å². The van der Waals surface area contributed by atoms with Crippen LogP contribution >= 0.6 is 11.8 Å². The van der Waals surface area contributed by atoms with Gasteiger partial charge in [-0.05, 0) is 22.8 Å². The smallest absolute Gasteiger partial charge is 0.161 e. The van der Waals surface area contributed by atoms with Gasteiger partial charge < -0.3 is 0 Å². The Kier molecular flexibility index (Phi) is 5.03. The number of hydrogen-bond acceptors (Lipinski definition) is 2. The van der Waals surface area contributed by atoms with Gasteiger partial charge in [0.05, 0.1) is 5.25 Å². The summed E-state index contributed by atoms with van der Waals surface area (Å²) in [5, 5.41) is 0.254. The van der Waals surface area contributed by atoms with Gasteiger partial charge in [-0.15, -0.1) is 11.8 Å². The Hall–Kier alpha value is -2.58. The molecule has 0 unspecified atom stereocenters. The second-order valence-electron chi connectivity index (χ2n) is 6.46. The van der Waals surface area contributed by atoms with Crippen LogP contribution in [-0.4, -0.2) is 5.78 Å². The van der Waals surface area contributed by atoms with Crippen LogP contribution in [0, 0.1) is 0 Å². The molecule has 128 valence electrons. The molecule has 2 heteroatoms. The minimum absolute atomic E-state index is 0.0582. The van der Waals surface area contributed by atoms with Crippen molar-refractivity contribution >= 4 is 23.6 Å². The average molecular weight is 356 g/mol. The minimum atomic E-state index is 0.0582. The SMILES string of the molecule is O=C1C[C@@H](c2ccccc2)S[C@H](c2ccccc2)C1=Cc1ccccc1. The molecule has 0 radical (unpaired) electrons. The highest BCUT2D eigenvalue weighted by Gasteiger charge is 2.34. The van der Waals surface area contributed by atoms with Crippen molar-refractivity contribution in [1.29, 1.82) is 0 Å². The molecule has 0 amide bonds. The zero-order valence-electron chi connectivity index (χ0n) is 14.4. The van der Waals surface area contributed by atoms with Crippen molar-refractivity contribution in [2.45, 2.75) is 16.9 Å². The average Bonchev–Trinajstić information content (AvgIpc) is 2.71. The Bertz CT molecular complexity index is 901. The van der Waals surface area contributed by atoms with E-state index in [1.807, 2.05) is 66.4 Å². The molecule has 0 aliphatic carbocycles. The van der Waals surface area contributed by atoms with E-state index in [0.29, 0.717) is 6.42 Å². The third-order valence-corrected chi connectivity index (χ3v) is 6.24. The van der Waals surface area contributed by atoms with Crippen LogP contribution in [0.1, 0.15) is 33.6 Å². The predicted octanol–water partition coefficient (Wildman–Crippen LogP) is 6.26. The van der Waals surface area contributed by atoms with Crippen molar-refractivity contribution in [3.63, 3.8) is 0 Å². The van der Waals surface area contributed by atoms with Crippen molar-refractivity contribution in [2.24, 2.45) is 0 Å². The van der Waals surface area contributed by atoms with Gasteiger partial charge in [-0.25, -0.2) is 0 Å². The van der Waals surface area contributed by atoms with Gasteiger partial charge in [0.2, 0.25) is 0 Å². The molecule has 3 aromatic rings. The van der Waals surface area contributed by atoms with Crippen molar-refractivity contribution in [3.05, 3.63) is 113 Å². The molecule has 1 heterocycles. The van der Waals surface area contributed by atoms with Crippen LogP contribution in [0.4, 0.5) is 0 Å². The van der Waals surface area contributed by atoms with Crippen LogP contribution in [0.2, 0.25) is 0 Å². The Balaban J connectivity index is 1.74. The molecule has 0 spiro atoms. The molecule has 0 aromatic heterocycles. The molecule has 0 N–H and O–H groups in total. The highest BCUT2D eigenvalue weighted by Crippen LogP contribution is 2.51. The van der Waals surface area contributed by atoms with Crippen LogP contribution in [-0.2, 0) is 4.79 Å². The van der Waals surface area contributed by atoms with E-state index in [9.17, 15) is 4.79 Å². The summed E-state index contributed by atoms with van der Waals surface area (Å²) in [6, 6.07) is 30.9. The number of ketones is 1. The quantitative estimate of drug-likeness (QED) is 0.515. The lowest BCUT2D eigenvalue weighted by Gasteiger charge is -2.31. The van der Waals surface area contributed by atoms with E-state index in [2.05, 4.69) is 42.5 Å². The maximum Gasteiger partial charge on any atom is 0.161 e. The van der Waals surface area contributed by atoms with E-state index in [1.54, 1.807) is 0 Å². The summed E-state index contributed by atoms with van der Waals surface area (Å²) >= 11 is 1.88. The molecule has 1 fully saturated rings. The van der Waals surface area contributed by atoms with Gasteiger partial charge in [-0.2, -0.15) is 0 Å². The fourth-order valence-electron chi connectivity index (χ4n) is 3.35. The Morgan fingerprint density at radius 3 is 1.88 bits per heavy atom. The van der Waals surface area contributed by atoms with E-state index in [-0.39, 0.29) is 16.3 Å². The van der Waals surface area contributed by atoms with Crippen molar-refractivity contribution < 1.29 is 4.79 Å². The van der Waals surface area contributed by atoms with Crippen LogP contribution in [0.25, 0.3) is 6.08 Å². The summed E-state index contributed by atoms with van der Waals surface area (Å²) in [4.78, 5) is 13.1. The number of Topliss-reactive ketones (excluding diaryl/α,β-unsaturated/α-hetero) is 1. The molecule has 0 bridgehead atoms. The largest absolute Gasteiger partial charge is 0.294 e. The van der Waals surface area contributed by atoms with Gasteiger partial charge in [0.15, 0.2) is 5.78 Å². The van der Waals surface area contributed by atoms with Crippen molar-refractivity contribution in [3.8, 4) is 0 Å². The molecule has 2 atom stereocenters. The normalized spacial score (nSPS) is 21.7. The van der Waals surface area contributed by atoms with Gasteiger partial charge in [0, 0.05) is 17.2 Å². The topological polar surface area (TPSA) is 17.1 Å². The first-order valence-electron chi connectivity index (χ1n) is 8.86. The fraction of sp³-hybridized carbons (Fsp3) is 0.125. The van der Waals surface area contributed by atoms with E-state index in [0.717, 1.165) is 11.1 Å². The second kappa shape index (κ2) is 7.76. The van der Waals surface area contributed by atoms with E-state index in [1.165, 1.54) is 11.1 Å². The number of thioether (sulfide) groups is 1. The monoisotopic (exact) mass is 356 g/mol. The van der Waals surface area contributed by atoms with Crippen LogP contribution in [0.3, 0.4) is 0 Å². The van der Waals surface area contributed by atoms with Crippen molar-refractivity contribution in [2.75, 3.05) is 0 Å². The van der Waals surface area contributed by atoms with Crippen LogP contribution in [0.15, 0.2) is 96.6 Å². The summed E-state index contributed by atoms with van der Waals surface area (Å²) in [5.41, 5.74) is 4.40. The second-order valence-corrected chi connectivity index (χ2v) is 7.78. The molecule has 26 heavy (non-hydrogen) atoms. The highest BCUT2D eigenvalue weighted by molar-refractivity contribution is 8.00. The number of carbonyl (C=O) groups is 1. The van der Waals surface area contributed by atoms with E-state index < -0.39 is 0 Å². The zero-order valence-corrected chi connectivity index (χ0v) is 15.2.